The molecule has 1 amide bonds. The fourth-order valence-electron chi connectivity index (χ4n) is 2.62. The summed E-state index contributed by atoms with van der Waals surface area (Å²) in [5.41, 5.74) is 6.61. The smallest absolute Gasteiger partial charge is 0.263 e. The minimum absolute atomic E-state index is 0.0986. The summed E-state index contributed by atoms with van der Waals surface area (Å²) in [6.07, 6.45) is 2.36. The highest BCUT2D eigenvalue weighted by Gasteiger charge is 2.30. The van der Waals surface area contributed by atoms with Gasteiger partial charge in [0.1, 0.15) is 4.88 Å². The first-order valence-electron chi connectivity index (χ1n) is 6.89. The van der Waals surface area contributed by atoms with Crippen molar-refractivity contribution in [3.8, 4) is 0 Å². The predicted molar refractivity (Wildman–Crippen MR) is 93.7 cm³/mol. The van der Waals surface area contributed by atoms with E-state index in [1.807, 2.05) is 23.9 Å². The van der Waals surface area contributed by atoms with Gasteiger partial charge in [-0.15, -0.1) is 11.3 Å². The molecule has 21 heavy (non-hydrogen) atoms. The van der Waals surface area contributed by atoms with E-state index in [2.05, 4.69) is 12.2 Å². The summed E-state index contributed by atoms with van der Waals surface area (Å²) >= 11 is 9.50. The Morgan fingerprint density at radius 2 is 2.33 bits per heavy atom. The van der Waals surface area contributed by atoms with Gasteiger partial charge in [0, 0.05) is 21.4 Å². The van der Waals surface area contributed by atoms with Crippen molar-refractivity contribution in [3.05, 3.63) is 28.1 Å². The Hall–Kier alpha value is -0.910. The fraction of sp³-hybridized carbons (Fsp3) is 0.400. The van der Waals surface area contributed by atoms with E-state index in [4.69, 9.17) is 17.3 Å². The lowest BCUT2D eigenvalue weighted by atomic mass is 10.1. The van der Waals surface area contributed by atoms with Gasteiger partial charge in [0.05, 0.1) is 10.7 Å². The number of carbonyl (C=O) groups is 1. The molecule has 3 rings (SSSR count). The summed E-state index contributed by atoms with van der Waals surface area (Å²) in [6.45, 7) is 2.88. The zero-order valence-electron chi connectivity index (χ0n) is 11.7. The molecule has 6 heteroatoms. The van der Waals surface area contributed by atoms with Crippen molar-refractivity contribution >= 4 is 56.4 Å². The van der Waals surface area contributed by atoms with Crippen LogP contribution in [0.4, 0.5) is 5.69 Å². The number of thiophene rings is 1. The molecule has 0 saturated carbocycles. The number of rotatable bonds is 3. The zero-order chi connectivity index (χ0) is 15.0. The number of carbonyl (C=O) groups excluding carboxylic acids is 1. The maximum Gasteiger partial charge on any atom is 0.263 e. The Morgan fingerprint density at radius 3 is 3.00 bits per heavy atom. The number of nitrogen functional groups attached to an aromatic ring is 1. The molecule has 1 aliphatic rings. The van der Waals surface area contributed by atoms with E-state index in [0.717, 1.165) is 16.5 Å². The van der Waals surface area contributed by atoms with E-state index in [1.54, 1.807) is 6.07 Å². The van der Waals surface area contributed by atoms with Crippen LogP contribution in [-0.2, 0) is 0 Å². The first-order valence-corrected chi connectivity index (χ1v) is 9.07. The molecule has 1 atom stereocenters. The lowest BCUT2D eigenvalue weighted by Crippen LogP contribution is -2.36. The molecular weight excluding hydrogens is 324 g/mol. The van der Waals surface area contributed by atoms with Gasteiger partial charge < -0.3 is 11.1 Å². The number of hydrogen-bond donors (Lipinski definition) is 2. The highest BCUT2D eigenvalue weighted by molar-refractivity contribution is 8.00. The van der Waals surface area contributed by atoms with E-state index < -0.39 is 0 Å². The van der Waals surface area contributed by atoms with Crippen molar-refractivity contribution < 1.29 is 4.79 Å². The predicted octanol–water partition coefficient (Wildman–Crippen LogP) is 4.15. The van der Waals surface area contributed by atoms with Crippen LogP contribution in [-0.4, -0.2) is 23.0 Å². The van der Waals surface area contributed by atoms with E-state index in [9.17, 15) is 4.79 Å². The number of nitrogens with one attached hydrogen (secondary N) is 1. The summed E-state index contributed by atoms with van der Waals surface area (Å²) in [6, 6.07) is 5.61. The first kappa shape index (κ1) is 15.0. The minimum atomic E-state index is -0.0986. The van der Waals surface area contributed by atoms with Crippen LogP contribution in [0, 0.1) is 0 Å². The molecule has 0 aliphatic carbocycles. The standard InChI is InChI=1S/C15H17ClN2OS2/c1-15(6-3-7-20-15)8-18-14(19)13-12(17)11-9(16)4-2-5-10(11)21-13/h2,4-5H,3,6-8,17H2,1H3,(H,18,19). The second kappa shape index (κ2) is 5.71. The van der Waals surface area contributed by atoms with Crippen LogP contribution < -0.4 is 11.1 Å². The lowest BCUT2D eigenvalue weighted by molar-refractivity contribution is 0.0955. The highest BCUT2D eigenvalue weighted by Crippen LogP contribution is 2.39. The van der Waals surface area contributed by atoms with Gasteiger partial charge in [-0.3, -0.25) is 4.79 Å². The monoisotopic (exact) mass is 340 g/mol. The minimum Gasteiger partial charge on any atom is -0.397 e. The Bertz CT molecular complexity index is 692. The molecule has 1 aromatic carbocycles. The summed E-state index contributed by atoms with van der Waals surface area (Å²) in [4.78, 5) is 13.0. The average molecular weight is 341 g/mol. The summed E-state index contributed by atoms with van der Waals surface area (Å²) in [5.74, 6) is 1.07. The number of hydrogen-bond acceptors (Lipinski definition) is 4. The summed E-state index contributed by atoms with van der Waals surface area (Å²) < 4.78 is 1.10. The van der Waals surface area contributed by atoms with Gasteiger partial charge >= 0.3 is 0 Å². The molecule has 1 aliphatic heterocycles. The Morgan fingerprint density at radius 1 is 1.52 bits per heavy atom. The normalized spacial score (nSPS) is 21.8. The molecule has 0 spiro atoms. The van der Waals surface area contributed by atoms with Crippen molar-refractivity contribution in [2.45, 2.75) is 24.5 Å². The van der Waals surface area contributed by atoms with Gasteiger partial charge in [-0.05, 0) is 37.7 Å². The Kier molecular flexibility index (Phi) is 4.08. The number of halogens is 1. The number of amides is 1. The number of anilines is 1. The Balaban J connectivity index is 1.82. The van der Waals surface area contributed by atoms with Gasteiger partial charge in [0.15, 0.2) is 0 Å². The van der Waals surface area contributed by atoms with Crippen LogP contribution in [0.15, 0.2) is 18.2 Å². The molecule has 0 bridgehead atoms. The Labute approximate surface area is 137 Å². The van der Waals surface area contributed by atoms with Gasteiger partial charge in [-0.1, -0.05) is 17.7 Å². The zero-order valence-corrected chi connectivity index (χ0v) is 14.1. The lowest BCUT2D eigenvalue weighted by Gasteiger charge is -2.22. The van der Waals surface area contributed by atoms with Crippen LogP contribution in [0.25, 0.3) is 10.1 Å². The second-order valence-corrected chi connectivity index (χ2v) is 8.68. The van der Waals surface area contributed by atoms with E-state index in [-0.39, 0.29) is 10.7 Å². The van der Waals surface area contributed by atoms with Crippen LogP contribution in [0.5, 0.6) is 0 Å². The summed E-state index contributed by atoms with van der Waals surface area (Å²) in [5, 5.41) is 4.41. The van der Waals surface area contributed by atoms with Crippen molar-refractivity contribution in [1.29, 1.82) is 0 Å². The largest absolute Gasteiger partial charge is 0.397 e. The van der Waals surface area contributed by atoms with E-state index in [1.165, 1.54) is 23.5 Å². The quantitative estimate of drug-likeness (QED) is 0.882. The van der Waals surface area contributed by atoms with Crippen molar-refractivity contribution in [3.63, 3.8) is 0 Å². The number of fused-ring (bicyclic) bond motifs is 1. The molecule has 0 radical (unpaired) electrons. The third kappa shape index (κ3) is 2.87. The number of thioether (sulfide) groups is 1. The van der Waals surface area contributed by atoms with Crippen LogP contribution in [0.2, 0.25) is 5.02 Å². The highest BCUT2D eigenvalue weighted by atomic mass is 35.5. The van der Waals surface area contributed by atoms with Crippen molar-refractivity contribution in [2.24, 2.45) is 0 Å². The number of benzene rings is 1. The van der Waals surface area contributed by atoms with Gasteiger partial charge in [0.2, 0.25) is 0 Å². The van der Waals surface area contributed by atoms with Crippen LogP contribution in [0.1, 0.15) is 29.4 Å². The third-order valence-corrected chi connectivity index (χ3v) is 6.85. The van der Waals surface area contributed by atoms with E-state index >= 15 is 0 Å². The molecule has 1 unspecified atom stereocenters. The maximum absolute atomic E-state index is 12.4. The molecular formula is C15H17ClN2OS2. The van der Waals surface area contributed by atoms with Crippen LogP contribution >= 0.6 is 34.7 Å². The SMILES string of the molecule is CC1(CNC(=O)c2sc3cccc(Cl)c3c2N)CCCS1. The third-order valence-electron chi connectivity index (χ3n) is 3.83. The van der Waals surface area contributed by atoms with Crippen molar-refractivity contribution in [2.75, 3.05) is 18.0 Å². The number of nitrogens with two attached hydrogens (primary N) is 1. The topological polar surface area (TPSA) is 55.1 Å². The van der Waals surface area contributed by atoms with Crippen LogP contribution in [0.3, 0.4) is 0 Å². The second-order valence-electron chi connectivity index (χ2n) is 5.54. The molecule has 1 saturated heterocycles. The molecule has 3 N–H and O–H groups in total. The van der Waals surface area contributed by atoms with Gasteiger partial charge in [0.25, 0.3) is 5.91 Å². The van der Waals surface area contributed by atoms with E-state index in [0.29, 0.717) is 22.1 Å². The van der Waals surface area contributed by atoms with Gasteiger partial charge in [-0.25, -0.2) is 0 Å². The molecule has 1 aromatic heterocycles. The molecule has 2 aromatic rings. The molecule has 1 fully saturated rings. The first-order chi connectivity index (χ1) is 10.0. The van der Waals surface area contributed by atoms with Crippen molar-refractivity contribution in [1.82, 2.24) is 5.32 Å². The fourth-order valence-corrected chi connectivity index (χ4v) is 5.26. The average Bonchev–Trinajstić information content (AvgIpc) is 3.02. The molecule has 112 valence electrons. The van der Waals surface area contributed by atoms with Gasteiger partial charge in [-0.2, -0.15) is 11.8 Å². The summed E-state index contributed by atoms with van der Waals surface area (Å²) in [7, 11) is 0. The maximum atomic E-state index is 12.4. The molecule has 2 heterocycles. The molecule has 3 nitrogen and oxygen atoms in total.